The van der Waals surface area contributed by atoms with Crippen molar-refractivity contribution < 1.29 is 44.7 Å². The van der Waals surface area contributed by atoms with Crippen LogP contribution in [0.1, 0.15) is 11.1 Å². The summed E-state index contributed by atoms with van der Waals surface area (Å²) in [7, 11) is 0. The number of benzene rings is 2. The average molecular weight is 519 g/mol. The van der Waals surface area contributed by atoms with Crippen LogP contribution in [-0.4, -0.2) is 86.6 Å². The van der Waals surface area contributed by atoms with Crippen LogP contribution in [-0.2, 0) is 32.0 Å². The second kappa shape index (κ2) is 13.8. The van der Waals surface area contributed by atoms with Crippen molar-refractivity contribution in [1.29, 1.82) is 0 Å². The summed E-state index contributed by atoms with van der Waals surface area (Å²) in [5.74, 6) is -4.13. The van der Waals surface area contributed by atoms with Gasteiger partial charge in [0, 0.05) is 6.42 Å². The van der Waals surface area contributed by atoms with E-state index in [0.29, 0.717) is 11.1 Å². The first-order valence-electron chi connectivity index (χ1n) is 11.2. The normalized spacial score (nSPS) is 14.0. The van der Waals surface area contributed by atoms with E-state index in [1.165, 1.54) is 36.4 Å². The largest absolute Gasteiger partial charge is 0.508 e. The number of hydrogen-bond donors (Lipinski definition) is 9. The molecule has 2 aromatic rings. The fraction of sp³-hybridized carbons (Fsp3) is 0.333. The quantitative estimate of drug-likeness (QED) is 0.138. The zero-order chi connectivity index (χ0) is 27.5. The number of aliphatic hydroxyl groups excluding tert-OH is 2. The molecule has 0 aliphatic heterocycles. The monoisotopic (exact) mass is 518 g/mol. The van der Waals surface area contributed by atoms with Gasteiger partial charge in [0.2, 0.25) is 17.7 Å². The van der Waals surface area contributed by atoms with Crippen LogP contribution in [0.4, 0.5) is 0 Å². The smallest absolute Gasteiger partial charge is 0.326 e. The maximum absolute atomic E-state index is 12.6. The first-order chi connectivity index (χ1) is 17.5. The number of hydrogen-bond acceptors (Lipinski definition) is 9. The first kappa shape index (κ1) is 29.0. The van der Waals surface area contributed by atoms with Crippen LogP contribution in [0.5, 0.6) is 11.5 Å². The highest BCUT2D eigenvalue weighted by Gasteiger charge is 2.30. The van der Waals surface area contributed by atoms with Crippen LogP contribution in [0, 0.1) is 0 Å². The number of aliphatic carboxylic acids is 1. The van der Waals surface area contributed by atoms with Crippen LogP contribution in [0.2, 0.25) is 0 Å². The highest BCUT2D eigenvalue weighted by Crippen LogP contribution is 2.12. The van der Waals surface area contributed by atoms with E-state index in [1.807, 2.05) is 0 Å². The molecule has 10 N–H and O–H groups in total. The molecule has 0 aliphatic carbocycles. The van der Waals surface area contributed by atoms with Crippen molar-refractivity contribution in [2.24, 2.45) is 5.73 Å². The van der Waals surface area contributed by atoms with Crippen LogP contribution in [0.15, 0.2) is 48.5 Å². The molecule has 4 unspecified atom stereocenters. The van der Waals surface area contributed by atoms with Crippen molar-refractivity contribution in [3.05, 3.63) is 59.7 Å². The van der Waals surface area contributed by atoms with Gasteiger partial charge in [0.25, 0.3) is 0 Å². The molecule has 0 spiro atoms. The van der Waals surface area contributed by atoms with Crippen molar-refractivity contribution in [3.63, 3.8) is 0 Å². The van der Waals surface area contributed by atoms with E-state index in [9.17, 15) is 44.7 Å². The Morgan fingerprint density at radius 2 is 1.03 bits per heavy atom. The summed E-state index contributed by atoms with van der Waals surface area (Å²) < 4.78 is 0. The number of phenolic OH excluding ortho intramolecular Hbond substituents is 2. The SMILES string of the molecule is NC(Cc1ccc(O)cc1)C(=O)NC(CO)C(=O)NC(CO)C(=O)NC(Cc1ccc(O)cc1)C(=O)O. The average Bonchev–Trinajstić information content (AvgIpc) is 2.87. The number of phenols is 2. The molecule has 4 atom stereocenters. The summed E-state index contributed by atoms with van der Waals surface area (Å²) in [5.41, 5.74) is 7.00. The molecule has 0 saturated heterocycles. The minimum Gasteiger partial charge on any atom is -0.508 e. The summed E-state index contributed by atoms with van der Waals surface area (Å²) in [4.78, 5) is 49.1. The van der Waals surface area contributed by atoms with E-state index in [1.54, 1.807) is 12.1 Å². The Hall–Kier alpha value is -4.20. The third-order valence-corrected chi connectivity index (χ3v) is 5.35. The van der Waals surface area contributed by atoms with Gasteiger partial charge in [-0.3, -0.25) is 14.4 Å². The van der Waals surface area contributed by atoms with E-state index in [2.05, 4.69) is 16.0 Å². The first-order valence-corrected chi connectivity index (χ1v) is 11.2. The summed E-state index contributed by atoms with van der Waals surface area (Å²) in [6, 6.07) is 6.04. The lowest BCUT2D eigenvalue weighted by molar-refractivity contribution is -0.142. The Kier molecular flexibility index (Phi) is 10.8. The number of carboxylic acids is 1. The van der Waals surface area contributed by atoms with E-state index >= 15 is 0 Å². The fourth-order valence-corrected chi connectivity index (χ4v) is 3.26. The lowest BCUT2D eigenvalue weighted by Crippen LogP contribution is -2.59. The maximum Gasteiger partial charge on any atom is 0.326 e. The molecule has 0 bridgehead atoms. The summed E-state index contributed by atoms with van der Waals surface area (Å²) >= 11 is 0. The summed E-state index contributed by atoms with van der Waals surface area (Å²) in [6.07, 6.45) is -0.0626. The second-order valence-electron chi connectivity index (χ2n) is 8.23. The molecule has 0 fully saturated rings. The van der Waals surface area contributed by atoms with Crippen LogP contribution in [0.25, 0.3) is 0 Å². The molecular formula is C24H30N4O9. The number of aromatic hydroxyl groups is 2. The third-order valence-electron chi connectivity index (χ3n) is 5.35. The molecule has 2 rings (SSSR count). The molecule has 2 aromatic carbocycles. The van der Waals surface area contributed by atoms with Gasteiger partial charge in [0.05, 0.1) is 19.3 Å². The Balaban J connectivity index is 1.96. The Bertz CT molecular complexity index is 1080. The highest BCUT2D eigenvalue weighted by molar-refractivity contribution is 5.94. The van der Waals surface area contributed by atoms with E-state index in [0.717, 1.165) is 0 Å². The third kappa shape index (κ3) is 9.07. The van der Waals surface area contributed by atoms with Crippen molar-refractivity contribution in [1.82, 2.24) is 16.0 Å². The van der Waals surface area contributed by atoms with Gasteiger partial charge >= 0.3 is 5.97 Å². The highest BCUT2D eigenvalue weighted by atomic mass is 16.4. The molecule has 0 saturated carbocycles. The lowest BCUT2D eigenvalue weighted by Gasteiger charge is -2.23. The molecule has 0 radical (unpaired) electrons. The second-order valence-corrected chi connectivity index (χ2v) is 8.23. The zero-order valence-electron chi connectivity index (χ0n) is 19.7. The molecule has 200 valence electrons. The molecule has 3 amide bonds. The van der Waals surface area contributed by atoms with Crippen LogP contribution >= 0.6 is 0 Å². The van der Waals surface area contributed by atoms with Gasteiger partial charge in [-0.1, -0.05) is 24.3 Å². The van der Waals surface area contributed by atoms with Crippen molar-refractivity contribution in [3.8, 4) is 11.5 Å². The molecule has 0 aromatic heterocycles. The van der Waals surface area contributed by atoms with Gasteiger partial charge in [0.1, 0.15) is 29.6 Å². The predicted octanol–water partition coefficient (Wildman–Crippen LogP) is -2.27. The van der Waals surface area contributed by atoms with Gasteiger partial charge in [0.15, 0.2) is 0 Å². The molecular weight excluding hydrogens is 488 g/mol. The number of amides is 3. The van der Waals surface area contributed by atoms with E-state index in [-0.39, 0.29) is 24.3 Å². The molecule has 0 aliphatic rings. The fourth-order valence-electron chi connectivity index (χ4n) is 3.26. The van der Waals surface area contributed by atoms with Gasteiger partial charge in [-0.25, -0.2) is 4.79 Å². The predicted molar refractivity (Wildman–Crippen MR) is 129 cm³/mol. The summed E-state index contributed by atoms with van der Waals surface area (Å²) in [5, 5.41) is 53.9. The van der Waals surface area contributed by atoms with Crippen molar-refractivity contribution >= 4 is 23.7 Å². The molecule has 37 heavy (non-hydrogen) atoms. The minimum absolute atomic E-state index is 0.0189. The van der Waals surface area contributed by atoms with Gasteiger partial charge in [-0.05, 0) is 41.8 Å². The molecule has 0 heterocycles. The number of carboxylic acid groups (broad SMARTS) is 1. The van der Waals surface area contributed by atoms with E-state index < -0.39 is 61.1 Å². The number of aliphatic hydroxyl groups is 2. The molecule has 13 nitrogen and oxygen atoms in total. The number of carbonyl (C=O) groups excluding carboxylic acids is 3. The maximum atomic E-state index is 12.6. The zero-order valence-corrected chi connectivity index (χ0v) is 19.7. The standard InChI is InChI=1S/C24H30N4O9/c25-17(9-13-1-5-15(31)6-2-13)21(33)27-19(11-29)23(35)28-20(12-30)22(34)26-18(24(36)37)10-14-3-7-16(32)8-4-14/h1-8,17-20,29-32H,9-12,25H2,(H,26,34)(H,27,33)(H,28,35)(H,36,37). The minimum atomic E-state index is -1.58. The molecule has 13 heteroatoms. The topological polar surface area (TPSA) is 232 Å². The summed E-state index contributed by atoms with van der Waals surface area (Å²) in [6.45, 7) is -1.74. The van der Waals surface area contributed by atoms with Gasteiger partial charge < -0.3 is 47.2 Å². The number of nitrogens with one attached hydrogen (secondary N) is 3. The number of nitrogens with two attached hydrogens (primary N) is 1. The van der Waals surface area contributed by atoms with Crippen LogP contribution in [0.3, 0.4) is 0 Å². The lowest BCUT2D eigenvalue weighted by atomic mass is 10.1. The number of rotatable bonds is 13. The van der Waals surface area contributed by atoms with Crippen LogP contribution < -0.4 is 21.7 Å². The Labute approximate surface area is 211 Å². The van der Waals surface area contributed by atoms with Crippen molar-refractivity contribution in [2.45, 2.75) is 37.0 Å². The van der Waals surface area contributed by atoms with Crippen molar-refractivity contribution in [2.75, 3.05) is 13.2 Å². The Morgan fingerprint density at radius 3 is 1.43 bits per heavy atom. The Morgan fingerprint density at radius 1 is 0.649 bits per heavy atom. The van der Waals surface area contributed by atoms with Gasteiger partial charge in [-0.2, -0.15) is 0 Å². The van der Waals surface area contributed by atoms with Gasteiger partial charge in [-0.15, -0.1) is 0 Å². The number of carbonyl (C=O) groups is 4. The van der Waals surface area contributed by atoms with E-state index in [4.69, 9.17) is 5.73 Å².